The van der Waals surface area contributed by atoms with Gasteiger partial charge in [0.2, 0.25) is 0 Å². The van der Waals surface area contributed by atoms with Crippen molar-refractivity contribution in [1.29, 1.82) is 0 Å². The fraction of sp³-hybridized carbons (Fsp3) is 0.127. The number of hydrogen-bond donors (Lipinski definition) is 0. The molecule has 276 valence electrons. The number of nitrogens with zero attached hydrogens (tertiary/aromatic N) is 2. The highest BCUT2D eigenvalue weighted by Gasteiger charge is 2.21. The molecule has 2 heterocycles. The van der Waals surface area contributed by atoms with Crippen LogP contribution >= 0.6 is 0 Å². The molecule has 10 rings (SSSR count). The number of para-hydroxylation sites is 2. The van der Waals surface area contributed by atoms with Gasteiger partial charge in [0.25, 0.3) is 0 Å². The zero-order chi connectivity index (χ0) is 38.5. The van der Waals surface area contributed by atoms with Gasteiger partial charge in [0.1, 0.15) is 0 Å². The number of aromatic nitrogens is 2. The molecule has 2 heteroatoms. The maximum atomic E-state index is 2.50. The van der Waals surface area contributed by atoms with Gasteiger partial charge < -0.3 is 9.13 Å². The van der Waals surface area contributed by atoms with Gasteiger partial charge in [-0.05, 0) is 108 Å². The predicted octanol–water partition coefficient (Wildman–Crippen LogP) is 14.7. The van der Waals surface area contributed by atoms with Crippen LogP contribution in [0.2, 0.25) is 0 Å². The highest BCUT2D eigenvalue weighted by atomic mass is 15.0. The molecule has 0 bridgehead atoms. The summed E-state index contributed by atoms with van der Waals surface area (Å²) in [5.74, 6) is 0.160. The first-order valence-electron chi connectivity index (χ1n) is 20.4. The molecular weight excluding hydrogens is 689 g/mol. The van der Waals surface area contributed by atoms with E-state index in [1.54, 1.807) is 0 Å². The van der Waals surface area contributed by atoms with Crippen molar-refractivity contribution in [2.75, 3.05) is 0 Å². The van der Waals surface area contributed by atoms with E-state index in [-0.39, 0.29) is 5.92 Å². The summed E-state index contributed by atoms with van der Waals surface area (Å²) >= 11 is 0. The fourth-order valence-electron chi connectivity index (χ4n) is 9.11. The second kappa shape index (κ2) is 14.5. The van der Waals surface area contributed by atoms with Gasteiger partial charge in [-0.15, -0.1) is 0 Å². The zero-order valence-corrected chi connectivity index (χ0v) is 32.9. The first-order chi connectivity index (χ1) is 28.1. The topological polar surface area (TPSA) is 9.86 Å². The lowest BCUT2D eigenvalue weighted by molar-refractivity contribution is 0.794. The van der Waals surface area contributed by atoms with Crippen LogP contribution in [-0.4, -0.2) is 9.13 Å². The molecule has 8 aromatic carbocycles. The molecule has 1 unspecified atom stereocenters. The van der Waals surface area contributed by atoms with Gasteiger partial charge in [-0.25, -0.2) is 0 Å². The molecule has 0 aliphatic rings. The number of benzene rings is 8. The Morgan fingerprint density at radius 3 is 1.75 bits per heavy atom. The molecule has 0 amide bonds. The van der Waals surface area contributed by atoms with Crippen molar-refractivity contribution in [2.24, 2.45) is 0 Å². The molecule has 2 nitrogen and oxygen atoms in total. The van der Waals surface area contributed by atoms with Crippen LogP contribution in [-0.2, 0) is 6.42 Å². The lowest BCUT2D eigenvalue weighted by Crippen LogP contribution is -2.04. The molecule has 0 aliphatic carbocycles. The molecule has 2 aromatic heterocycles. The van der Waals surface area contributed by atoms with E-state index in [2.05, 4.69) is 212 Å². The summed E-state index contributed by atoms with van der Waals surface area (Å²) in [5, 5.41) is 5.06. The molecule has 0 fully saturated rings. The zero-order valence-electron chi connectivity index (χ0n) is 32.9. The van der Waals surface area contributed by atoms with Crippen LogP contribution in [0.4, 0.5) is 0 Å². The highest BCUT2D eigenvalue weighted by molar-refractivity contribution is 6.26. The molecule has 0 saturated heterocycles. The van der Waals surface area contributed by atoms with E-state index < -0.39 is 0 Å². The van der Waals surface area contributed by atoms with E-state index in [1.165, 1.54) is 107 Å². The van der Waals surface area contributed by atoms with E-state index >= 15 is 0 Å². The van der Waals surface area contributed by atoms with Crippen molar-refractivity contribution in [3.8, 4) is 22.5 Å². The molecular formula is C55H46N2. The summed E-state index contributed by atoms with van der Waals surface area (Å²) in [5.41, 5.74) is 17.5. The molecule has 0 saturated carbocycles. The molecule has 0 spiro atoms. The fourth-order valence-corrected chi connectivity index (χ4v) is 9.11. The van der Waals surface area contributed by atoms with Gasteiger partial charge in [-0.1, -0.05) is 158 Å². The molecule has 57 heavy (non-hydrogen) atoms. The van der Waals surface area contributed by atoms with Crippen LogP contribution in [0.25, 0.3) is 66.1 Å². The third-order valence-electron chi connectivity index (χ3n) is 12.0. The lowest BCUT2D eigenvalue weighted by Gasteiger charge is -2.20. The summed E-state index contributed by atoms with van der Waals surface area (Å²) in [6.07, 6.45) is 3.57. The Hall–Kier alpha value is -6.64. The van der Waals surface area contributed by atoms with E-state index in [1.807, 2.05) is 0 Å². The minimum atomic E-state index is 0.160. The van der Waals surface area contributed by atoms with E-state index in [4.69, 9.17) is 0 Å². The van der Waals surface area contributed by atoms with Crippen LogP contribution in [0.1, 0.15) is 59.1 Å². The molecule has 0 N–H and O–H groups in total. The average Bonchev–Trinajstić information content (AvgIpc) is 3.77. The van der Waals surface area contributed by atoms with Gasteiger partial charge >= 0.3 is 0 Å². The Kier molecular flexibility index (Phi) is 8.83. The van der Waals surface area contributed by atoms with E-state index in [9.17, 15) is 0 Å². The quantitative estimate of drug-likeness (QED) is 0.131. The summed E-state index contributed by atoms with van der Waals surface area (Å²) in [6.45, 7) is 6.59. The Morgan fingerprint density at radius 2 is 1.05 bits per heavy atom. The standard InChI is InChI=1S/C55H46N2/c1-4-5-13-39-23-27-42(28-24-39)53(41-25-21-37(2)22-26-41)43-31-29-40(30-32-43)44-14-11-16-46(36-44)57-50-19-8-6-17-47(50)48-33-34-52-54(55(48)57)49-18-7-9-20-51(49)56(52)45-15-10-12-38(3)35-45/h6-12,14-36,53H,4-5,13H2,1-3H3. The number of aryl methyl sites for hydroxylation is 3. The second-order valence-corrected chi connectivity index (χ2v) is 15.8. The van der Waals surface area contributed by atoms with Crippen molar-refractivity contribution in [1.82, 2.24) is 9.13 Å². The van der Waals surface area contributed by atoms with Crippen molar-refractivity contribution in [3.05, 3.63) is 215 Å². The molecule has 0 aliphatic heterocycles. The highest BCUT2D eigenvalue weighted by Crippen LogP contribution is 2.42. The third-order valence-corrected chi connectivity index (χ3v) is 12.0. The maximum absolute atomic E-state index is 2.50. The van der Waals surface area contributed by atoms with Crippen molar-refractivity contribution in [3.63, 3.8) is 0 Å². The van der Waals surface area contributed by atoms with Crippen LogP contribution in [0, 0.1) is 13.8 Å². The van der Waals surface area contributed by atoms with Crippen LogP contribution < -0.4 is 0 Å². The number of hydrogen-bond acceptors (Lipinski definition) is 0. The van der Waals surface area contributed by atoms with Crippen LogP contribution in [0.3, 0.4) is 0 Å². The Labute approximate surface area is 335 Å². The summed E-state index contributed by atoms with van der Waals surface area (Å²) < 4.78 is 4.93. The Bertz CT molecular complexity index is 3050. The van der Waals surface area contributed by atoms with Gasteiger partial charge in [-0.2, -0.15) is 0 Å². The lowest BCUT2D eigenvalue weighted by atomic mass is 9.84. The van der Waals surface area contributed by atoms with Gasteiger partial charge in [0, 0.05) is 38.8 Å². The first-order valence-corrected chi connectivity index (χ1v) is 20.4. The second-order valence-electron chi connectivity index (χ2n) is 15.8. The normalized spacial score (nSPS) is 12.3. The SMILES string of the molecule is CCCCc1ccc(C(c2ccc(C)cc2)c2ccc(-c3cccc(-n4c5ccccc5c5ccc6c(c7ccccc7n6-c6cccc(C)c6)c54)c3)cc2)cc1. The van der Waals surface area contributed by atoms with Crippen molar-refractivity contribution < 1.29 is 0 Å². The van der Waals surface area contributed by atoms with Crippen molar-refractivity contribution >= 4 is 43.6 Å². The predicted molar refractivity (Wildman–Crippen MR) is 242 cm³/mol. The van der Waals surface area contributed by atoms with E-state index in [0.29, 0.717) is 0 Å². The van der Waals surface area contributed by atoms with Crippen LogP contribution in [0.15, 0.2) is 182 Å². The number of unbranched alkanes of at least 4 members (excludes halogenated alkanes) is 1. The van der Waals surface area contributed by atoms with Gasteiger partial charge in [0.15, 0.2) is 0 Å². The minimum Gasteiger partial charge on any atom is -0.309 e. The number of rotatable bonds is 9. The first kappa shape index (κ1) is 34.8. The van der Waals surface area contributed by atoms with Crippen LogP contribution in [0.5, 0.6) is 0 Å². The largest absolute Gasteiger partial charge is 0.309 e. The van der Waals surface area contributed by atoms with Gasteiger partial charge in [0.05, 0.1) is 22.1 Å². The molecule has 10 aromatic rings. The van der Waals surface area contributed by atoms with Gasteiger partial charge in [-0.3, -0.25) is 0 Å². The average molecular weight is 735 g/mol. The third kappa shape index (κ3) is 6.13. The Balaban J connectivity index is 1.11. The van der Waals surface area contributed by atoms with E-state index in [0.717, 1.165) is 12.1 Å². The monoisotopic (exact) mass is 734 g/mol. The molecule has 0 radical (unpaired) electrons. The van der Waals surface area contributed by atoms with Crippen molar-refractivity contribution in [2.45, 2.75) is 46.0 Å². The summed E-state index contributed by atoms with van der Waals surface area (Å²) in [6, 6.07) is 68.0. The smallest absolute Gasteiger partial charge is 0.0641 e. The number of fused-ring (bicyclic) bond motifs is 7. The molecule has 1 atom stereocenters. The summed E-state index contributed by atoms with van der Waals surface area (Å²) in [7, 11) is 0. The summed E-state index contributed by atoms with van der Waals surface area (Å²) in [4.78, 5) is 0. The maximum Gasteiger partial charge on any atom is 0.0641 e. The Morgan fingerprint density at radius 1 is 0.439 bits per heavy atom. The minimum absolute atomic E-state index is 0.160.